The van der Waals surface area contributed by atoms with E-state index in [4.69, 9.17) is 10.5 Å². The zero-order chi connectivity index (χ0) is 26.0. The van der Waals surface area contributed by atoms with Crippen molar-refractivity contribution in [3.05, 3.63) is 109 Å². The highest BCUT2D eigenvalue weighted by atomic mass is 16.6. The number of hydrogen-bond acceptors (Lipinski definition) is 5. The highest BCUT2D eigenvalue weighted by Crippen LogP contribution is 2.28. The van der Waals surface area contributed by atoms with Crippen LogP contribution in [-0.4, -0.2) is 17.1 Å². The van der Waals surface area contributed by atoms with Crippen LogP contribution in [0.15, 0.2) is 103 Å². The van der Waals surface area contributed by atoms with Gasteiger partial charge in [-0.25, -0.2) is 4.79 Å². The number of carbonyl (C=O) groups is 2. The van der Waals surface area contributed by atoms with Crippen molar-refractivity contribution in [2.45, 2.75) is 25.4 Å². The summed E-state index contributed by atoms with van der Waals surface area (Å²) in [6, 6.07) is 27.1. The third-order valence-corrected chi connectivity index (χ3v) is 5.87. The average Bonchev–Trinajstić information content (AvgIpc) is 2.90. The van der Waals surface area contributed by atoms with Crippen LogP contribution in [0.4, 0.5) is 21.9 Å². The van der Waals surface area contributed by atoms with Crippen LogP contribution in [0.5, 0.6) is 5.75 Å². The lowest BCUT2D eigenvalue weighted by molar-refractivity contribution is -0.111. The number of ether oxygens (including phenoxy) is 1. The number of para-hydroxylation sites is 2. The number of nitrogen functional groups attached to an aromatic ring is 1. The molecule has 7 heteroatoms. The Morgan fingerprint density at radius 3 is 2.38 bits per heavy atom. The van der Waals surface area contributed by atoms with E-state index < -0.39 is 12.2 Å². The van der Waals surface area contributed by atoms with Crippen LogP contribution in [0.3, 0.4) is 0 Å². The van der Waals surface area contributed by atoms with Crippen molar-refractivity contribution in [1.29, 1.82) is 0 Å². The molecule has 0 radical (unpaired) electrons. The minimum Gasteiger partial charge on any atom is -0.508 e. The average molecular weight is 496 g/mol. The molecule has 0 aliphatic carbocycles. The number of anilines is 3. The van der Waals surface area contributed by atoms with Gasteiger partial charge in [-0.15, -0.1) is 0 Å². The number of carbonyl (C=O) groups excluding carboxylic acids is 2. The van der Waals surface area contributed by atoms with E-state index in [1.807, 2.05) is 42.5 Å². The van der Waals surface area contributed by atoms with Crippen LogP contribution in [0.25, 0.3) is 10.8 Å². The number of unbranched alkanes of at least 4 members (excludes halogenated alkanes) is 1. The molecule has 0 fully saturated rings. The number of nitrogens with two attached hydrogens (primary N) is 1. The number of phenols is 1. The van der Waals surface area contributed by atoms with Crippen molar-refractivity contribution in [1.82, 2.24) is 0 Å². The predicted octanol–water partition coefficient (Wildman–Crippen LogP) is 6.78. The molecule has 0 aromatic heterocycles. The Morgan fingerprint density at radius 1 is 0.865 bits per heavy atom. The Bertz CT molecular complexity index is 1390. The van der Waals surface area contributed by atoms with Crippen molar-refractivity contribution in [2.24, 2.45) is 0 Å². The second-order valence-electron chi connectivity index (χ2n) is 8.55. The second kappa shape index (κ2) is 12.3. The molecule has 4 rings (SSSR count). The minimum absolute atomic E-state index is 0.135. The molecule has 188 valence electrons. The first-order valence-electron chi connectivity index (χ1n) is 12.1. The summed E-state index contributed by atoms with van der Waals surface area (Å²) in [6.07, 6.45) is 3.97. The molecule has 2 amide bonds. The first kappa shape index (κ1) is 25.3. The molecule has 37 heavy (non-hydrogen) atoms. The lowest BCUT2D eigenvalue weighted by Gasteiger charge is -2.19. The molecule has 0 saturated carbocycles. The summed E-state index contributed by atoms with van der Waals surface area (Å²) >= 11 is 0. The van der Waals surface area contributed by atoms with Gasteiger partial charge in [-0.1, -0.05) is 66.7 Å². The van der Waals surface area contributed by atoms with E-state index >= 15 is 0 Å². The summed E-state index contributed by atoms with van der Waals surface area (Å²) in [6.45, 7) is 0. The number of hydrogen-bond donors (Lipinski definition) is 4. The number of allylic oxidation sites excluding steroid dienone is 1. The predicted molar refractivity (Wildman–Crippen MR) is 147 cm³/mol. The quantitative estimate of drug-likeness (QED) is 0.116. The number of nitrogens with one attached hydrogen (secondary N) is 2. The zero-order valence-electron chi connectivity index (χ0n) is 20.3. The third kappa shape index (κ3) is 7.11. The summed E-state index contributed by atoms with van der Waals surface area (Å²) in [5.74, 6) is -0.130. The molecule has 0 spiro atoms. The number of rotatable bonds is 9. The van der Waals surface area contributed by atoms with E-state index in [2.05, 4.69) is 10.6 Å². The number of fused-ring (bicyclic) bond motifs is 1. The summed E-state index contributed by atoms with van der Waals surface area (Å²) in [4.78, 5) is 25.0. The third-order valence-electron chi connectivity index (χ3n) is 5.87. The van der Waals surface area contributed by atoms with E-state index in [9.17, 15) is 14.7 Å². The monoisotopic (exact) mass is 495 g/mol. The number of phenolic OH excluding ortho intramolecular Hbond substituents is 1. The van der Waals surface area contributed by atoms with Crippen molar-refractivity contribution < 1.29 is 19.4 Å². The van der Waals surface area contributed by atoms with Crippen LogP contribution in [-0.2, 0) is 9.53 Å². The highest BCUT2D eigenvalue weighted by Gasteiger charge is 2.17. The highest BCUT2D eigenvalue weighted by molar-refractivity contribution is 6.01. The standard InChI is InChI=1S/C30H29N3O4/c31-25-12-6-7-13-27(25)32-29(35)16-3-1-2-15-28(22-17-19-23(34)20-18-22)37-30(36)33-26-14-8-10-21-9-4-5-11-24(21)26/h3-14,16-20,28,34H,1-2,15,31H2,(H,32,35)(H,33,36)/b16-3+/t28-/m0/s1. The van der Waals surface area contributed by atoms with Crippen LogP contribution < -0.4 is 16.4 Å². The number of amides is 2. The van der Waals surface area contributed by atoms with Crippen molar-refractivity contribution in [3.63, 3.8) is 0 Å². The van der Waals surface area contributed by atoms with E-state index in [1.165, 1.54) is 6.08 Å². The summed E-state index contributed by atoms with van der Waals surface area (Å²) in [5, 5.41) is 17.2. The zero-order valence-corrected chi connectivity index (χ0v) is 20.3. The summed E-state index contributed by atoms with van der Waals surface area (Å²) in [5.41, 5.74) is 8.36. The molecular formula is C30H29N3O4. The van der Waals surface area contributed by atoms with Crippen molar-refractivity contribution in [2.75, 3.05) is 16.4 Å². The van der Waals surface area contributed by atoms with E-state index in [0.717, 1.165) is 16.3 Å². The molecule has 0 bridgehead atoms. The molecule has 0 saturated heterocycles. The molecule has 0 heterocycles. The van der Waals surface area contributed by atoms with Gasteiger partial charge in [-0.05, 0) is 66.6 Å². The Hall–Kier alpha value is -4.78. The van der Waals surface area contributed by atoms with Gasteiger partial charge in [0.25, 0.3) is 0 Å². The maximum absolute atomic E-state index is 12.8. The van der Waals surface area contributed by atoms with Gasteiger partial charge >= 0.3 is 6.09 Å². The van der Waals surface area contributed by atoms with Crippen molar-refractivity contribution >= 4 is 39.8 Å². The van der Waals surface area contributed by atoms with Gasteiger partial charge < -0.3 is 20.9 Å². The van der Waals surface area contributed by atoms with E-state index in [0.29, 0.717) is 36.3 Å². The molecule has 1 atom stereocenters. The Labute approximate surface area is 215 Å². The first-order chi connectivity index (χ1) is 18.0. The molecule has 4 aromatic rings. The maximum atomic E-state index is 12.8. The van der Waals surface area contributed by atoms with Crippen LogP contribution in [0.2, 0.25) is 0 Å². The fraction of sp³-hybridized carbons (Fsp3) is 0.133. The normalized spacial score (nSPS) is 11.8. The fourth-order valence-electron chi connectivity index (χ4n) is 3.98. The van der Waals surface area contributed by atoms with Gasteiger partial charge in [0.1, 0.15) is 11.9 Å². The molecular weight excluding hydrogens is 466 g/mol. The molecule has 7 nitrogen and oxygen atoms in total. The van der Waals surface area contributed by atoms with E-state index in [-0.39, 0.29) is 11.7 Å². The van der Waals surface area contributed by atoms with Gasteiger partial charge in [0.15, 0.2) is 0 Å². The molecule has 0 aliphatic rings. The minimum atomic E-state index is -0.565. The molecule has 0 aliphatic heterocycles. The summed E-state index contributed by atoms with van der Waals surface area (Å²) in [7, 11) is 0. The van der Waals surface area contributed by atoms with Gasteiger partial charge in [0.05, 0.1) is 17.1 Å². The number of benzene rings is 4. The van der Waals surface area contributed by atoms with Gasteiger partial charge in [0.2, 0.25) is 5.91 Å². The SMILES string of the molecule is Nc1ccccc1NC(=O)/C=C/CCC[C@H](OC(=O)Nc1cccc2ccccc12)c1ccc(O)cc1. The lowest BCUT2D eigenvalue weighted by Crippen LogP contribution is -2.18. The van der Waals surface area contributed by atoms with E-state index in [1.54, 1.807) is 54.6 Å². The fourth-order valence-corrected chi connectivity index (χ4v) is 3.98. The van der Waals surface area contributed by atoms with Crippen molar-refractivity contribution in [3.8, 4) is 5.75 Å². The molecule has 4 aromatic carbocycles. The Balaban J connectivity index is 1.35. The molecule has 0 unspecified atom stereocenters. The summed E-state index contributed by atoms with van der Waals surface area (Å²) < 4.78 is 5.80. The van der Waals surface area contributed by atoms with Crippen LogP contribution in [0.1, 0.15) is 30.9 Å². The first-order valence-corrected chi connectivity index (χ1v) is 12.1. The maximum Gasteiger partial charge on any atom is 0.412 e. The van der Waals surface area contributed by atoms with Gasteiger partial charge in [-0.3, -0.25) is 10.1 Å². The smallest absolute Gasteiger partial charge is 0.412 e. The molecule has 5 N–H and O–H groups in total. The topological polar surface area (TPSA) is 114 Å². The number of aromatic hydroxyl groups is 1. The second-order valence-corrected chi connectivity index (χ2v) is 8.55. The Morgan fingerprint density at radius 2 is 1.57 bits per heavy atom. The van der Waals surface area contributed by atoms with Crippen LogP contribution >= 0.6 is 0 Å². The Kier molecular flexibility index (Phi) is 8.39. The van der Waals surface area contributed by atoms with Gasteiger partial charge in [-0.2, -0.15) is 0 Å². The van der Waals surface area contributed by atoms with Gasteiger partial charge in [0, 0.05) is 5.39 Å². The van der Waals surface area contributed by atoms with Crippen LogP contribution in [0, 0.1) is 0 Å². The lowest BCUT2D eigenvalue weighted by atomic mass is 10.0. The largest absolute Gasteiger partial charge is 0.508 e.